The Morgan fingerprint density at radius 3 is 2.60 bits per heavy atom. The van der Waals surface area contributed by atoms with Crippen molar-refractivity contribution in [2.75, 3.05) is 13.6 Å². The van der Waals surface area contributed by atoms with Crippen molar-refractivity contribution in [1.82, 2.24) is 5.32 Å². The fourth-order valence-corrected chi connectivity index (χ4v) is 1.79. The SMILES string of the molecule is CNC(c1cc(C)ccc1C)C(O)CN. The molecule has 0 aliphatic carbocycles. The minimum absolute atomic E-state index is 0.0881. The quantitative estimate of drug-likeness (QED) is 0.688. The number of likely N-dealkylation sites (N-methyl/N-ethyl adjacent to an activating group) is 1. The van der Waals surface area contributed by atoms with Crippen LogP contribution in [0.25, 0.3) is 0 Å². The van der Waals surface area contributed by atoms with E-state index in [1.54, 1.807) is 0 Å². The summed E-state index contributed by atoms with van der Waals surface area (Å²) in [7, 11) is 1.84. The van der Waals surface area contributed by atoms with Crippen LogP contribution in [-0.4, -0.2) is 24.8 Å². The molecule has 0 spiro atoms. The standard InChI is InChI=1S/C12H20N2O/c1-8-4-5-9(2)10(6-8)12(14-3)11(15)7-13/h4-6,11-12,14-15H,7,13H2,1-3H3. The van der Waals surface area contributed by atoms with Crippen LogP contribution in [0.2, 0.25) is 0 Å². The Labute approximate surface area is 91.3 Å². The van der Waals surface area contributed by atoms with Crippen LogP contribution in [0.4, 0.5) is 0 Å². The molecule has 0 heterocycles. The van der Waals surface area contributed by atoms with Gasteiger partial charge < -0.3 is 16.2 Å². The van der Waals surface area contributed by atoms with Crippen molar-refractivity contribution in [2.24, 2.45) is 5.73 Å². The van der Waals surface area contributed by atoms with Crippen LogP contribution < -0.4 is 11.1 Å². The van der Waals surface area contributed by atoms with Crippen molar-refractivity contribution in [3.8, 4) is 0 Å². The second-order valence-corrected chi connectivity index (χ2v) is 3.93. The van der Waals surface area contributed by atoms with Crippen molar-refractivity contribution in [1.29, 1.82) is 0 Å². The summed E-state index contributed by atoms with van der Waals surface area (Å²) in [6.45, 7) is 4.35. The topological polar surface area (TPSA) is 58.3 Å². The summed E-state index contributed by atoms with van der Waals surface area (Å²) in [4.78, 5) is 0. The molecule has 0 saturated heterocycles. The molecule has 0 saturated carbocycles. The maximum Gasteiger partial charge on any atom is 0.0856 e. The fraction of sp³-hybridized carbons (Fsp3) is 0.500. The molecule has 3 heteroatoms. The summed E-state index contributed by atoms with van der Waals surface area (Å²) in [6.07, 6.45) is -0.546. The monoisotopic (exact) mass is 208 g/mol. The molecule has 84 valence electrons. The Kier molecular flexibility index (Phi) is 4.27. The number of aliphatic hydroxyl groups is 1. The van der Waals surface area contributed by atoms with E-state index >= 15 is 0 Å². The molecule has 0 aromatic heterocycles. The van der Waals surface area contributed by atoms with Gasteiger partial charge in [-0.2, -0.15) is 0 Å². The zero-order valence-electron chi connectivity index (χ0n) is 9.62. The Morgan fingerprint density at radius 1 is 1.40 bits per heavy atom. The van der Waals surface area contributed by atoms with E-state index in [1.807, 2.05) is 20.9 Å². The first-order valence-electron chi connectivity index (χ1n) is 5.22. The van der Waals surface area contributed by atoms with Crippen LogP contribution in [0.15, 0.2) is 18.2 Å². The van der Waals surface area contributed by atoms with Gasteiger partial charge in [-0.05, 0) is 32.0 Å². The van der Waals surface area contributed by atoms with Gasteiger partial charge in [0.05, 0.1) is 12.1 Å². The molecule has 15 heavy (non-hydrogen) atoms. The van der Waals surface area contributed by atoms with Gasteiger partial charge in [-0.25, -0.2) is 0 Å². The predicted octanol–water partition coefficient (Wildman–Crippen LogP) is 0.884. The third-order valence-corrected chi connectivity index (χ3v) is 2.71. The molecule has 2 unspecified atom stereocenters. The number of nitrogens with one attached hydrogen (secondary N) is 1. The van der Waals surface area contributed by atoms with Gasteiger partial charge in [-0.1, -0.05) is 23.8 Å². The van der Waals surface area contributed by atoms with Gasteiger partial charge in [0.15, 0.2) is 0 Å². The van der Waals surface area contributed by atoms with E-state index in [1.165, 1.54) is 11.1 Å². The Morgan fingerprint density at radius 2 is 2.07 bits per heavy atom. The van der Waals surface area contributed by atoms with Gasteiger partial charge in [0.1, 0.15) is 0 Å². The Balaban J connectivity index is 3.05. The molecule has 2 atom stereocenters. The molecule has 0 fully saturated rings. The third kappa shape index (κ3) is 2.78. The number of benzene rings is 1. The molecule has 1 aromatic carbocycles. The first kappa shape index (κ1) is 12.2. The third-order valence-electron chi connectivity index (χ3n) is 2.71. The molecule has 3 nitrogen and oxygen atoms in total. The first-order valence-corrected chi connectivity index (χ1v) is 5.22. The lowest BCUT2D eigenvalue weighted by molar-refractivity contribution is 0.139. The average Bonchev–Trinajstić information content (AvgIpc) is 2.23. The maximum absolute atomic E-state index is 9.80. The Hall–Kier alpha value is -0.900. The lowest BCUT2D eigenvalue weighted by Crippen LogP contribution is -2.35. The molecule has 0 aliphatic rings. The predicted molar refractivity (Wildman–Crippen MR) is 62.8 cm³/mol. The zero-order chi connectivity index (χ0) is 11.4. The summed E-state index contributed by atoms with van der Waals surface area (Å²) >= 11 is 0. The lowest BCUT2D eigenvalue weighted by atomic mass is 9.95. The van der Waals surface area contributed by atoms with Crippen molar-refractivity contribution in [2.45, 2.75) is 26.0 Å². The number of rotatable bonds is 4. The van der Waals surface area contributed by atoms with E-state index in [0.717, 1.165) is 5.56 Å². The smallest absolute Gasteiger partial charge is 0.0856 e. The van der Waals surface area contributed by atoms with Gasteiger partial charge in [0.2, 0.25) is 0 Å². The highest BCUT2D eigenvalue weighted by molar-refractivity contribution is 5.33. The number of aliphatic hydroxyl groups excluding tert-OH is 1. The minimum Gasteiger partial charge on any atom is -0.390 e. The summed E-state index contributed by atoms with van der Waals surface area (Å²) in [5.41, 5.74) is 8.97. The zero-order valence-corrected chi connectivity index (χ0v) is 9.62. The average molecular weight is 208 g/mol. The number of aryl methyl sites for hydroxylation is 2. The van der Waals surface area contributed by atoms with Gasteiger partial charge in [0, 0.05) is 6.54 Å². The van der Waals surface area contributed by atoms with E-state index in [-0.39, 0.29) is 12.6 Å². The van der Waals surface area contributed by atoms with Crippen LogP contribution in [-0.2, 0) is 0 Å². The van der Waals surface area contributed by atoms with Gasteiger partial charge in [-0.3, -0.25) is 0 Å². The highest BCUT2D eigenvalue weighted by atomic mass is 16.3. The van der Waals surface area contributed by atoms with Gasteiger partial charge in [0.25, 0.3) is 0 Å². The van der Waals surface area contributed by atoms with E-state index < -0.39 is 6.10 Å². The molecule has 0 amide bonds. The first-order chi connectivity index (χ1) is 7.10. The molecule has 1 rings (SSSR count). The van der Waals surface area contributed by atoms with Crippen LogP contribution in [0.5, 0.6) is 0 Å². The van der Waals surface area contributed by atoms with Crippen LogP contribution in [0, 0.1) is 13.8 Å². The minimum atomic E-state index is -0.546. The Bertz CT molecular complexity index is 325. The van der Waals surface area contributed by atoms with E-state index in [9.17, 15) is 5.11 Å². The molecular formula is C12H20N2O. The number of nitrogens with two attached hydrogens (primary N) is 1. The maximum atomic E-state index is 9.80. The normalized spacial score (nSPS) is 15.0. The summed E-state index contributed by atoms with van der Waals surface area (Å²) in [5.74, 6) is 0. The molecule has 0 radical (unpaired) electrons. The number of hydrogen-bond acceptors (Lipinski definition) is 3. The lowest BCUT2D eigenvalue weighted by Gasteiger charge is -2.23. The summed E-state index contributed by atoms with van der Waals surface area (Å²) in [6, 6.07) is 6.14. The number of hydrogen-bond donors (Lipinski definition) is 3. The van der Waals surface area contributed by atoms with E-state index in [4.69, 9.17) is 5.73 Å². The van der Waals surface area contributed by atoms with Crippen molar-refractivity contribution in [3.63, 3.8) is 0 Å². The fourth-order valence-electron chi connectivity index (χ4n) is 1.79. The molecule has 0 aliphatic heterocycles. The molecule has 4 N–H and O–H groups in total. The van der Waals surface area contributed by atoms with Crippen LogP contribution in [0.1, 0.15) is 22.7 Å². The van der Waals surface area contributed by atoms with Gasteiger partial charge >= 0.3 is 0 Å². The van der Waals surface area contributed by atoms with Crippen molar-refractivity contribution >= 4 is 0 Å². The highest BCUT2D eigenvalue weighted by Crippen LogP contribution is 2.21. The van der Waals surface area contributed by atoms with E-state index in [2.05, 4.69) is 23.5 Å². The molecule has 0 bridgehead atoms. The van der Waals surface area contributed by atoms with Crippen LogP contribution in [0.3, 0.4) is 0 Å². The second-order valence-electron chi connectivity index (χ2n) is 3.93. The van der Waals surface area contributed by atoms with Crippen molar-refractivity contribution < 1.29 is 5.11 Å². The largest absolute Gasteiger partial charge is 0.390 e. The van der Waals surface area contributed by atoms with Crippen LogP contribution >= 0.6 is 0 Å². The van der Waals surface area contributed by atoms with Gasteiger partial charge in [-0.15, -0.1) is 0 Å². The molecular weight excluding hydrogens is 188 g/mol. The molecule has 1 aromatic rings. The van der Waals surface area contributed by atoms with E-state index in [0.29, 0.717) is 0 Å². The highest BCUT2D eigenvalue weighted by Gasteiger charge is 2.19. The second kappa shape index (κ2) is 5.26. The summed E-state index contributed by atoms with van der Waals surface area (Å²) < 4.78 is 0. The summed E-state index contributed by atoms with van der Waals surface area (Å²) in [5, 5.41) is 12.9. The van der Waals surface area contributed by atoms with Crippen molar-refractivity contribution in [3.05, 3.63) is 34.9 Å².